The second kappa shape index (κ2) is 19.0. The molecule has 0 atom stereocenters. The molecule has 2 aliphatic rings. The summed E-state index contributed by atoms with van der Waals surface area (Å²) in [5.41, 5.74) is 26.1. The molecule has 0 unspecified atom stereocenters. The third-order valence-corrected chi connectivity index (χ3v) is 16.1. The van der Waals surface area contributed by atoms with Gasteiger partial charge in [-0.2, -0.15) is 0 Å². The quantitative estimate of drug-likeness (QED) is 0.145. The topological polar surface area (TPSA) is 38.7 Å². The van der Waals surface area contributed by atoms with Gasteiger partial charge in [-0.25, -0.2) is 15.0 Å². The fourth-order valence-corrected chi connectivity index (χ4v) is 12.5. The highest BCUT2D eigenvalue weighted by Gasteiger charge is 2.52. The number of rotatable bonds is 9. The van der Waals surface area contributed by atoms with Crippen LogP contribution in [0.25, 0.3) is 123 Å². The molecule has 3 nitrogen and oxygen atoms in total. The third-order valence-electron chi connectivity index (χ3n) is 16.1. The lowest BCUT2D eigenvalue weighted by molar-refractivity contribution is 0.794. The summed E-state index contributed by atoms with van der Waals surface area (Å²) < 4.78 is 0. The SMILES string of the molecule is c1ccc(-c2cc(-c3ccccc3)cc(-c3ccc(-c4nc(-c5ccc(-c6cc(-c7ccccc7)cc(-c7ccccc7)c6)cc5)nc(-c5cccc6c5-c5ccccc5C65c6ccccc6-c6ccccc65)n4)cc3)c2)cc1. The van der Waals surface area contributed by atoms with Gasteiger partial charge in [0, 0.05) is 16.7 Å². The van der Waals surface area contributed by atoms with E-state index in [4.69, 9.17) is 15.0 Å². The molecule has 0 fully saturated rings. The van der Waals surface area contributed by atoms with Crippen molar-refractivity contribution in [2.75, 3.05) is 0 Å². The minimum Gasteiger partial charge on any atom is -0.208 e. The van der Waals surface area contributed by atoms with Gasteiger partial charge in [0.15, 0.2) is 17.5 Å². The van der Waals surface area contributed by atoms with E-state index >= 15 is 0 Å². The lowest BCUT2D eigenvalue weighted by Gasteiger charge is -2.30. The second-order valence-electron chi connectivity index (χ2n) is 20.6. The largest absolute Gasteiger partial charge is 0.208 e. The summed E-state index contributed by atoms with van der Waals surface area (Å²) in [5.74, 6) is 1.84. The maximum absolute atomic E-state index is 5.48. The van der Waals surface area contributed by atoms with Gasteiger partial charge < -0.3 is 0 Å². The average Bonchev–Trinajstić information content (AvgIpc) is 3.51. The molecule has 1 aromatic heterocycles. The first-order valence-corrected chi connectivity index (χ1v) is 27.1. The molecular weight excluding hydrogens is 955 g/mol. The van der Waals surface area contributed by atoms with Crippen LogP contribution in [-0.2, 0) is 5.41 Å². The van der Waals surface area contributed by atoms with E-state index in [9.17, 15) is 0 Å². The zero-order valence-electron chi connectivity index (χ0n) is 43.1. The van der Waals surface area contributed by atoms with Crippen LogP contribution in [-0.4, -0.2) is 15.0 Å². The summed E-state index contributed by atoms with van der Waals surface area (Å²) in [6, 6.07) is 107. The van der Waals surface area contributed by atoms with Gasteiger partial charge in [0.05, 0.1) is 5.41 Å². The number of hydrogen-bond donors (Lipinski definition) is 0. The molecule has 1 heterocycles. The summed E-state index contributed by atoms with van der Waals surface area (Å²) in [4.78, 5) is 16.3. The van der Waals surface area contributed by atoms with Crippen LogP contribution in [0.2, 0.25) is 0 Å². The zero-order chi connectivity index (χ0) is 52.3. The fraction of sp³-hybridized carbons (Fsp3) is 0.0132. The van der Waals surface area contributed by atoms with Crippen LogP contribution >= 0.6 is 0 Å². The fourth-order valence-electron chi connectivity index (χ4n) is 12.5. The Morgan fingerprint density at radius 1 is 0.177 bits per heavy atom. The number of aromatic nitrogens is 3. The van der Waals surface area contributed by atoms with E-state index in [1.165, 1.54) is 83.5 Å². The Morgan fingerprint density at radius 2 is 0.443 bits per heavy atom. The maximum atomic E-state index is 5.48. The third kappa shape index (κ3) is 7.86. The molecule has 3 heteroatoms. The summed E-state index contributed by atoms with van der Waals surface area (Å²) in [6.45, 7) is 0. The first kappa shape index (κ1) is 46.0. The predicted molar refractivity (Wildman–Crippen MR) is 325 cm³/mol. The van der Waals surface area contributed by atoms with Crippen molar-refractivity contribution in [1.29, 1.82) is 0 Å². The Balaban J connectivity index is 0.887. The normalized spacial score (nSPS) is 12.4. The summed E-state index contributed by atoms with van der Waals surface area (Å²) in [6.07, 6.45) is 0. The Hall–Kier alpha value is -10.4. The average molecular weight is 1000 g/mol. The van der Waals surface area contributed by atoms with Crippen molar-refractivity contribution in [2.45, 2.75) is 5.41 Å². The van der Waals surface area contributed by atoms with Crippen LogP contribution in [0.4, 0.5) is 0 Å². The standard InChI is InChI=1S/C76H49N3/c1-5-20-50(21-6-1)58-44-59(51-22-7-2-8-23-51)47-62(46-58)54-36-40-56(41-37-54)73-77-74(57-42-38-55(39-43-57)63-48-60(52-24-9-3-10-25-52)45-61(49-63)53-26-11-4-12-27-53)79-75(78-73)67-31-19-35-71-72(67)66-30-15-18-34-70(66)76(71)68-32-16-13-28-64(68)65-29-14-17-33-69(65)76/h1-49H. The highest BCUT2D eigenvalue weighted by Crippen LogP contribution is 2.64. The van der Waals surface area contributed by atoms with E-state index in [2.05, 4.69) is 297 Å². The van der Waals surface area contributed by atoms with Gasteiger partial charge in [0.1, 0.15) is 0 Å². The molecule has 15 rings (SSSR count). The number of fused-ring (bicyclic) bond motifs is 10. The Kier molecular flexibility index (Phi) is 11.1. The van der Waals surface area contributed by atoms with Gasteiger partial charge in [-0.15, -0.1) is 0 Å². The van der Waals surface area contributed by atoms with Crippen molar-refractivity contribution in [1.82, 2.24) is 15.0 Å². The van der Waals surface area contributed by atoms with Crippen molar-refractivity contribution >= 4 is 0 Å². The lowest BCUT2D eigenvalue weighted by atomic mass is 9.70. The van der Waals surface area contributed by atoms with Crippen molar-refractivity contribution in [3.8, 4) is 123 Å². The molecular formula is C76H49N3. The number of nitrogens with zero attached hydrogens (tertiary/aromatic N) is 3. The van der Waals surface area contributed by atoms with Crippen LogP contribution in [0.15, 0.2) is 297 Å². The van der Waals surface area contributed by atoms with E-state index in [1.807, 2.05) is 0 Å². The van der Waals surface area contributed by atoms with Crippen LogP contribution in [0, 0.1) is 0 Å². The smallest absolute Gasteiger partial charge is 0.164 e. The van der Waals surface area contributed by atoms with Crippen molar-refractivity contribution in [3.63, 3.8) is 0 Å². The molecule has 0 saturated heterocycles. The summed E-state index contributed by atoms with van der Waals surface area (Å²) in [7, 11) is 0. The molecule has 368 valence electrons. The molecule has 0 N–H and O–H groups in total. The Bertz CT molecular complexity index is 4090. The van der Waals surface area contributed by atoms with E-state index in [1.54, 1.807) is 0 Å². The molecule has 0 saturated carbocycles. The monoisotopic (exact) mass is 1000 g/mol. The first-order valence-electron chi connectivity index (χ1n) is 27.1. The molecule has 2 aliphatic carbocycles. The van der Waals surface area contributed by atoms with Crippen LogP contribution < -0.4 is 0 Å². The van der Waals surface area contributed by atoms with Gasteiger partial charge >= 0.3 is 0 Å². The molecule has 0 amide bonds. The minimum absolute atomic E-state index is 0.504. The molecule has 1 spiro atoms. The summed E-state index contributed by atoms with van der Waals surface area (Å²) in [5, 5.41) is 0. The van der Waals surface area contributed by atoms with Gasteiger partial charge in [0.25, 0.3) is 0 Å². The van der Waals surface area contributed by atoms with Crippen LogP contribution in [0.5, 0.6) is 0 Å². The van der Waals surface area contributed by atoms with Gasteiger partial charge in [-0.05, 0) is 148 Å². The molecule has 79 heavy (non-hydrogen) atoms. The maximum Gasteiger partial charge on any atom is 0.164 e. The van der Waals surface area contributed by atoms with E-state index < -0.39 is 5.41 Å². The van der Waals surface area contributed by atoms with Gasteiger partial charge in [-0.1, -0.05) is 261 Å². The van der Waals surface area contributed by atoms with E-state index in [-0.39, 0.29) is 0 Å². The molecule has 0 aliphatic heterocycles. The van der Waals surface area contributed by atoms with E-state index in [0.29, 0.717) is 17.5 Å². The first-order chi connectivity index (χ1) is 39.1. The Morgan fingerprint density at radius 3 is 0.823 bits per heavy atom. The van der Waals surface area contributed by atoms with Crippen LogP contribution in [0.1, 0.15) is 22.3 Å². The summed E-state index contributed by atoms with van der Waals surface area (Å²) >= 11 is 0. The lowest BCUT2D eigenvalue weighted by Crippen LogP contribution is -2.25. The predicted octanol–water partition coefficient (Wildman–Crippen LogP) is 19.2. The van der Waals surface area contributed by atoms with Crippen molar-refractivity contribution in [3.05, 3.63) is 320 Å². The minimum atomic E-state index is -0.504. The van der Waals surface area contributed by atoms with Gasteiger partial charge in [-0.3, -0.25) is 0 Å². The van der Waals surface area contributed by atoms with Crippen LogP contribution in [0.3, 0.4) is 0 Å². The highest BCUT2D eigenvalue weighted by molar-refractivity contribution is 5.99. The molecule has 0 radical (unpaired) electrons. The van der Waals surface area contributed by atoms with Crippen molar-refractivity contribution in [2.24, 2.45) is 0 Å². The molecule has 0 bridgehead atoms. The molecule has 13 aromatic rings. The van der Waals surface area contributed by atoms with E-state index in [0.717, 1.165) is 44.5 Å². The zero-order valence-corrected chi connectivity index (χ0v) is 43.1. The number of benzene rings is 12. The van der Waals surface area contributed by atoms with Crippen molar-refractivity contribution < 1.29 is 0 Å². The second-order valence-corrected chi connectivity index (χ2v) is 20.6. The van der Waals surface area contributed by atoms with Gasteiger partial charge in [0.2, 0.25) is 0 Å². The number of hydrogen-bond acceptors (Lipinski definition) is 3. The highest BCUT2D eigenvalue weighted by atomic mass is 15.0. The molecule has 12 aromatic carbocycles. The Labute approximate surface area is 460 Å².